The molecule has 0 aliphatic carbocycles. The number of rotatable bonds is 4. The molecule has 2 amide bonds. The molecule has 0 saturated carbocycles. The standard InChI is InChI=1S/C10H16F2N2O2/c1-2-3-7-10(16)14(6-8(11)12)5-4-9(15)13-7/h7-8H,2-6H2,1H3,(H,13,15). The van der Waals surface area contributed by atoms with Gasteiger partial charge >= 0.3 is 0 Å². The number of halogens is 2. The third-order valence-corrected chi connectivity index (χ3v) is 2.49. The molecule has 0 spiro atoms. The minimum absolute atomic E-state index is 0.0786. The molecule has 1 aliphatic rings. The van der Waals surface area contributed by atoms with Crippen LogP contribution >= 0.6 is 0 Å². The molecule has 92 valence electrons. The average molecular weight is 234 g/mol. The first kappa shape index (κ1) is 12.9. The van der Waals surface area contributed by atoms with Crippen LogP contribution < -0.4 is 5.32 Å². The number of alkyl halides is 2. The molecule has 1 saturated heterocycles. The van der Waals surface area contributed by atoms with E-state index >= 15 is 0 Å². The highest BCUT2D eigenvalue weighted by molar-refractivity contribution is 5.89. The van der Waals surface area contributed by atoms with Crippen molar-refractivity contribution >= 4 is 11.8 Å². The van der Waals surface area contributed by atoms with Crippen molar-refractivity contribution < 1.29 is 18.4 Å². The molecule has 16 heavy (non-hydrogen) atoms. The van der Waals surface area contributed by atoms with Crippen LogP contribution in [0.5, 0.6) is 0 Å². The van der Waals surface area contributed by atoms with Crippen molar-refractivity contribution in [2.24, 2.45) is 0 Å². The average Bonchev–Trinajstić information content (AvgIpc) is 2.32. The summed E-state index contributed by atoms with van der Waals surface area (Å²) in [5.41, 5.74) is 0. The van der Waals surface area contributed by atoms with E-state index in [-0.39, 0.29) is 18.9 Å². The lowest BCUT2D eigenvalue weighted by molar-refractivity contribution is -0.135. The minimum atomic E-state index is -2.56. The third-order valence-electron chi connectivity index (χ3n) is 2.49. The molecule has 1 fully saturated rings. The maximum atomic E-state index is 12.2. The van der Waals surface area contributed by atoms with E-state index in [0.29, 0.717) is 6.42 Å². The van der Waals surface area contributed by atoms with E-state index in [1.807, 2.05) is 6.92 Å². The molecule has 0 aromatic heterocycles. The first-order chi connectivity index (χ1) is 7.54. The summed E-state index contributed by atoms with van der Waals surface area (Å²) >= 11 is 0. The van der Waals surface area contributed by atoms with Gasteiger partial charge in [-0.1, -0.05) is 13.3 Å². The van der Waals surface area contributed by atoms with Crippen LogP contribution in [0.2, 0.25) is 0 Å². The monoisotopic (exact) mass is 234 g/mol. The molecule has 6 heteroatoms. The fraction of sp³-hybridized carbons (Fsp3) is 0.800. The number of nitrogens with zero attached hydrogens (tertiary/aromatic N) is 1. The maximum Gasteiger partial charge on any atom is 0.255 e. The van der Waals surface area contributed by atoms with Gasteiger partial charge in [0.2, 0.25) is 11.8 Å². The van der Waals surface area contributed by atoms with Crippen LogP contribution in [0.4, 0.5) is 8.78 Å². The van der Waals surface area contributed by atoms with Crippen LogP contribution in [0.15, 0.2) is 0 Å². The number of nitrogens with one attached hydrogen (secondary N) is 1. The van der Waals surface area contributed by atoms with Gasteiger partial charge in [0.1, 0.15) is 6.04 Å². The quantitative estimate of drug-likeness (QED) is 0.781. The molecule has 4 nitrogen and oxygen atoms in total. The van der Waals surface area contributed by atoms with E-state index < -0.39 is 24.9 Å². The smallest absolute Gasteiger partial charge is 0.255 e. The van der Waals surface area contributed by atoms with Crippen molar-refractivity contribution in [3.63, 3.8) is 0 Å². The fourth-order valence-corrected chi connectivity index (χ4v) is 1.73. The van der Waals surface area contributed by atoms with Gasteiger partial charge < -0.3 is 10.2 Å². The lowest BCUT2D eigenvalue weighted by Crippen LogP contribution is -2.45. The van der Waals surface area contributed by atoms with Gasteiger partial charge in [0, 0.05) is 13.0 Å². The highest BCUT2D eigenvalue weighted by Crippen LogP contribution is 2.10. The lowest BCUT2D eigenvalue weighted by atomic mass is 10.1. The summed E-state index contributed by atoms with van der Waals surface area (Å²) in [4.78, 5) is 24.1. The maximum absolute atomic E-state index is 12.2. The van der Waals surface area contributed by atoms with E-state index in [9.17, 15) is 18.4 Å². The second-order valence-electron chi connectivity index (χ2n) is 3.83. The summed E-state index contributed by atoms with van der Waals surface area (Å²) < 4.78 is 24.5. The number of carbonyl (C=O) groups excluding carboxylic acids is 2. The Labute approximate surface area is 93.0 Å². The molecule has 0 bridgehead atoms. The SMILES string of the molecule is CCCC1NC(=O)CCN(CC(F)F)C1=O. The summed E-state index contributed by atoms with van der Waals surface area (Å²) in [6.45, 7) is 1.37. The second-order valence-corrected chi connectivity index (χ2v) is 3.83. The zero-order valence-corrected chi connectivity index (χ0v) is 9.21. The van der Waals surface area contributed by atoms with Crippen LogP contribution in [-0.2, 0) is 9.59 Å². The Hall–Kier alpha value is -1.20. The Bertz CT molecular complexity index is 272. The summed E-state index contributed by atoms with van der Waals surface area (Å²) in [5.74, 6) is -0.642. The second kappa shape index (κ2) is 5.77. The minimum Gasteiger partial charge on any atom is -0.344 e. The Morgan fingerprint density at radius 3 is 2.75 bits per heavy atom. The molecular formula is C10H16F2N2O2. The molecule has 1 unspecified atom stereocenters. The van der Waals surface area contributed by atoms with E-state index in [1.165, 1.54) is 0 Å². The Morgan fingerprint density at radius 1 is 1.50 bits per heavy atom. The predicted molar refractivity (Wildman–Crippen MR) is 54.0 cm³/mol. The van der Waals surface area contributed by atoms with Crippen molar-refractivity contribution in [1.82, 2.24) is 10.2 Å². The normalized spacial score (nSPS) is 22.2. The van der Waals surface area contributed by atoms with Crippen molar-refractivity contribution in [2.75, 3.05) is 13.1 Å². The van der Waals surface area contributed by atoms with E-state index in [2.05, 4.69) is 5.32 Å². The summed E-state index contributed by atoms with van der Waals surface area (Å²) in [6.07, 6.45) is -1.25. The van der Waals surface area contributed by atoms with Gasteiger partial charge in [-0.2, -0.15) is 0 Å². The zero-order chi connectivity index (χ0) is 12.1. The summed E-state index contributed by atoms with van der Waals surface area (Å²) in [5, 5.41) is 2.56. The van der Waals surface area contributed by atoms with Gasteiger partial charge in [0.15, 0.2) is 0 Å². The van der Waals surface area contributed by atoms with Crippen LogP contribution in [0.1, 0.15) is 26.2 Å². The number of hydrogen-bond acceptors (Lipinski definition) is 2. The van der Waals surface area contributed by atoms with Crippen molar-refractivity contribution in [1.29, 1.82) is 0 Å². The van der Waals surface area contributed by atoms with Crippen molar-refractivity contribution in [3.8, 4) is 0 Å². The zero-order valence-electron chi connectivity index (χ0n) is 9.21. The van der Waals surface area contributed by atoms with Gasteiger partial charge in [-0.25, -0.2) is 8.78 Å². The van der Waals surface area contributed by atoms with Crippen LogP contribution in [0.3, 0.4) is 0 Å². The highest BCUT2D eigenvalue weighted by atomic mass is 19.3. The number of carbonyl (C=O) groups is 2. The van der Waals surface area contributed by atoms with Crippen LogP contribution in [0.25, 0.3) is 0 Å². The molecule has 0 aromatic rings. The number of amides is 2. The molecule has 1 rings (SSSR count). The Kier molecular flexibility index (Phi) is 4.64. The fourth-order valence-electron chi connectivity index (χ4n) is 1.73. The van der Waals surface area contributed by atoms with Crippen molar-refractivity contribution in [2.45, 2.75) is 38.7 Å². The molecule has 1 atom stereocenters. The summed E-state index contributed by atoms with van der Waals surface area (Å²) in [7, 11) is 0. The lowest BCUT2D eigenvalue weighted by Gasteiger charge is -2.23. The van der Waals surface area contributed by atoms with E-state index in [1.54, 1.807) is 0 Å². The predicted octanol–water partition coefficient (Wildman–Crippen LogP) is 0.769. The first-order valence-corrected chi connectivity index (χ1v) is 5.41. The molecular weight excluding hydrogens is 218 g/mol. The van der Waals surface area contributed by atoms with Gasteiger partial charge in [0.05, 0.1) is 6.54 Å². The molecule has 0 radical (unpaired) electrons. The molecule has 1 N–H and O–H groups in total. The first-order valence-electron chi connectivity index (χ1n) is 5.41. The van der Waals surface area contributed by atoms with Gasteiger partial charge in [-0.15, -0.1) is 0 Å². The van der Waals surface area contributed by atoms with Gasteiger partial charge in [0.25, 0.3) is 6.43 Å². The van der Waals surface area contributed by atoms with Gasteiger partial charge in [-0.3, -0.25) is 9.59 Å². The highest BCUT2D eigenvalue weighted by Gasteiger charge is 2.30. The van der Waals surface area contributed by atoms with E-state index in [4.69, 9.17) is 0 Å². The largest absolute Gasteiger partial charge is 0.344 e. The van der Waals surface area contributed by atoms with Crippen molar-refractivity contribution in [3.05, 3.63) is 0 Å². The number of hydrogen-bond donors (Lipinski definition) is 1. The summed E-state index contributed by atoms with van der Waals surface area (Å²) in [6, 6.07) is -0.640. The molecule has 1 heterocycles. The molecule has 1 aliphatic heterocycles. The molecule has 0 aromatic carbocycles. The Morgan fingerprint density at radius 2 is 2.19 bits per heavy atom. The Balaban J connectivity index is 2.70. The van der Waals surface area contributed by atoms with E-state index in [0.717, 1.165) is 11.3 Å². The van der Waals surface area contributed by atoms with Crippen LogP contribution in [-0.4, -0.2) is 42.3 Å². The third kappa shape index (κ3) is 3.43. The van der Waals surface area contributed by atoms with Crippen LogP contribution in [0, 0.1) is 0 Å². The van der Waals surface area contributed by atoms with Gasteiger partial charge in [-0.05, 0) is 6.42 Å². The topological polar surface area (TPSA) is 49.4 Å².